The van der Waals surface area contributed by atoms with Crippen molar-refractivity contribution in [2.75, 3.05) is 0 Å². The molecule has 0 aliphatic carbocycles. The maximum Gasteiger partial charge on any atom is 0.164 e. The Bertz CT molecular complexity index is 2900. The quantitative estimate of drug-likeness (QED) is 0.192. The lowest BCUT2D eigenvalue weighted by Crippen LogP contribution is -2.00. The molecular formula is C45H27N3S. The molecule has 0 saturated heterocycles. The number of benzene rings is 8. The number of fused-ring (bicyclic) bond motifs is 6. The molecule has 49 heavy (non-hydrogen) atoms. The second-order valence-electron chi connectivity index (χ2n) is 12.5. The van der Waals surface area contributed by atoms with Gasteiger partial charge in [0.05, 0.1) is 0 Å². The summed E-state index contributed by atoms with van der Waals surface area (Å²) >= 11 is 1.81. The zero-order chi connectivity index (χ0) is 32.3. The number of aromatic nitrogens is 3. The molecule has 0 unspecified atom stereocenters. The van der Waals surface area contributed by atoms with Crippen LogP contribution in [-0.4, -0.2) is 15.0 Å². The Kier molecular flexibility index (Phi) is 6.36. The van der Waals surface area contributed by atoms with Crippen molar-refractivity contribution in [2.24, 2.45) is 0 Å². The molecule has 0 fully saturated rings. The fourth-order valence-electron chi connectivity index (χ4n) is 6.89. The first-order valence-corrected chi connectivity index (χ1v) is 17.2. The van der Waals surface area contributed by atoms with Crippen LogP contribution in [-0.2, 0) is 0 Å². The lowest BCUT2D eigenvalue weighted by Gasteiger charge is -2.11. The van der Waals surface area contributed by atoms with Gasteiger partial charge >= 0.3 is 0 Å². The first-order chi connectivity index (χ1) is 24.2. The molecule has 0 amide bonds. The maximum atomic E-state index is 5.14. The summed E-state index contributed by atoms with van der Waals surface area (Å²) in [5.74, 6) is 1.97. The molecular weight excluding hydrogens is 615 g/mol. The maximum absolute atomic E-state index is 5.14. The minimum Gasteiger partial charge on any atom is -0.208 e. The molecule has 10 aromatic rings. The molecule has 0 bridgehead atoms. The van der Waals surface area contributed by atoms with E-state index in [2.05, 4.69) is 164 Å². The fourth-order valence-corrected chi connectivity index (χ4v) is 7.98. The van der Waals surface area contributed by atoms with Gasteiger partial charge in [0.1, 0.15) is 0 Å². The molecule has 2 aromatic heterocycles. The SMILES string of the molecule is c1ccc2cc(-c3ccc4ccc(-c5nc(-c6ccc7ccccc7c6)nc(-c6ccc7sc8ccccc8c7c6)n5)cc4c3)ccc2c1. The van der Waals surface area contributed by atoms with E-state index in [9.17, 15) is 0 Å². The number of hydrogen-bond donors (Lipinski definition) is 0. The average molecular weight is 642 g/mol. The Labute approximate surface area is 286 Å². The highest BCUT2D eigenvalue weighted by atomic mass is 32.1. The molecule has 0 aliphatic heterocycles. The van der Waals surface area contributed by atoms with Crippen molar-refractivity contribution < 1.29 is 0 Å². The summed E-state index contributed by atoms with van der Waals surface area (Å²) in [6, 6.07) is 58.3. The molecule has 0 atom stereocenters. The van der Waals surface area contributed by atoms with E-state index in [1.165, 1.54) is 52.8 Å². The van der Waals surface area contributed by atoms with Crippen LogP contribution in [0.25, 0.3) is 97.8 Å². The summed E-state index contributed by atoms with van der Waals surface area (Å²) < 4.78 is 2.53. The van der Waals surface area contributed by atoms with Crippen LogP contribution in [0.5, 0.6) is 0 Å². The molecule has 8 aromatic carbocycles. The summed E-state index contributed by atoms with van der Waals surface area (Å²) in [7, 11) is 0. The summed E-state index contributed by atoms with van der Waals surface area (Å²) in [5.41, 5.74) is 5.27. The van der Waals surface area contributed by atoms with Gasteiger partial charge in [-0.3, -0.25) is 0 Å². The average Bonchev–Trinajstić information content (AvgIpc) is 3.55. The molecule has 2 heterocycles. The van der Waals surface area contributed by atoms with Crippen LogP contribution >= 0.6 is 11.3 Å². The van der Waals surface area contributed by atoms with Crippen molar-refractivity contribution in [1.82, 2.24) is 15.0 Å². The molecule has 0 N–H and O–H groups in total. The van der Waals surface area contributed by atoms with E-state index in [1.807, 2.05) is 11.3 Å². The third-order valence-electron chi connectivity index (χ3n) is 9.46. The molecule has 0 radical (unpaired) electrons. The van der Waals surface area contributed by atoms with Gasteiger partial charge in [-0.2, -0.15) is 0 Å². The summed E-state index contributed by atoms with van der Waals surface area (Å²) in [4.78, 5) is 15.3. The summed E-state index contributed by atoms with van der Waals surface area (Å²) in [6.45, 7) is 0. The zero-order valence-corrected chi connectivity index (χ0v) is 27.2. The standard InChI is InChI=1S/C45H27N3S/c1-3-9-31-23-33(17-13-28(31)7-1)34-18-14-30-16-20-36(26-38(30)25-34)44-46-43(35-19-15-29-8-2-4-10-32(29)24-35)47-45(48-44)37-21-22-42-40(27-37)39-11-5-6-12-41(39)49-42/h1-27H. The van der Waals surface area contributed by atoms with Crippen LogP contribution in [0, 0.1) is 0 Å². The van der Waals surface area contributed by atoms with E-state index in [0.717, 1.165) is 27.5 Å². The second-order valence-corrected chi connectivity index (χ2v) is 13.6. The Hall–Kier alpha value is -6.23. The van der Waals surface area contributed by atoms with Crippen molar-refractivity contribution in [2.45, 2.75) is 0 Å². The fraction of sp³-hybridized carbons (Fsp3) is 0. The van der Waals surface area contributed by atoms with E-state index in [-0.39, 0.29) is 0 Å². The number of rotatable bonds is 4. The van der Waals surface area contributed by atoms with E-state index in [1.54, 1.807) is 0 Å². The van der Waals surface area contributed by atoms with Gasteiger partial charge in [0.25, 0.3) is 0 Å². The Morgan fingerprint density at radius 1 is 0.286 bits per heavy atom. The van der Waals surface area contributed by atoms with E-state index < -0.39 is 0 Å². The van der Waals surface area contributed by atoms with Gasteiger partial charge < -0.3 is 0 Å². The predicted molar refractivity (Wildman–Crippen MR) is 207 cm³/mol. The first kappa shape index (κ1) is 27.8. The zero-order valence-electron chi connectivity index (χ0n) is 26.3. The van der Waals surface area contributed by atoms with Gasteiger partial charge in [0.2, 0.25) is 0 Å². The number of hydrogen-bond acceptors (Lipinski definition) is 4. The third kappa shape index (κ3) is 4.93. The molecule has 0 saturated carbocycles. The predicted octanol–water partition coefficient (Wildman–Crippen LogP) is 12.4. The molecule has 0 spiro atoms. The minimum absolute atomic E-state index is 0.654. The molecule has 3 nitrogen and oxygen atoms in total. The van der Waals surface area contributed by atoms with Crippen molar-refractivity contribution in [1.29, 1.82) is 0 Å². The van der Waals surface area contributed by atoms with Crippen molar-refractivity contribution >= 4 is 63.8 Å². The van der Waals surface area contributed by atoms with Gasteiger partial charge in [-0.25, -0.2) is 15.0 Å². The highest BCUT2D eigenvalue weighted by Gasteiger charge is 2.15. The van der Waals surface area contributed by atoms with Gasteiger partial charge in [0.15, 0.2) is 17.5 Å². The Morgan fingerprint density at radius 3 is 1.33 bits per heavy atom. The highest BCUT2D eigenvalue weighted by Crippen LogP contribution is 2.37. The topological polar surface area (TPSA) is 38.7 Å². The van der Waals surface area contributed by atoms with Crippen LogP contribution in [0.2, 0.25) is 0 Å². The van der Waals surface area contributed by atoms with Crippen LogP contribution in [0.15, 0.2) is 164 Å². The van der Waals surface area contributed by atoms with E-state index in [0.29, 0.717) is 17.5 Å². The van der Waals surface area contributed by atoms with E-state index >= 15 is 0 Å². The lowest BCUT2D eigenvalue weighted by atomic mass is 9.98. The Balaban J connectivity index is 1.14. The summed E-state index contributed by atoms with van der Waals surface area (Å²) in [5, 5.41) is 9.61. The van der Waals surface area contributed by atoms with Crippen LogP contribution in [0.1, 0.15) is 0 Å². The largest absolute Gasteiger partial charge is 0.208 e. The highest BCUT2D eigenvalue weighted by molar-refractivity contribution is 7.25. The van der Waals surface area contributed by atoms with Crippen molar-refractivity contribution in [3.63, 3.8) is 0 Å². The smallest absolute Gasteiger partial charge is 0.164 e. The van der Waals surface area contributed by atoms with Gasteiger partial charge in [0, 0.05) is 36.9 Å². The van der Waals surface area contributed by atoms with Crippen LogP contribution in [0.4, 0.5) is 0 Å². The summed E-state index contributed by atoms with van der Waals surface area (Å²) in [6.07, 6.45) is 0. The van der Waals surface area contributed by atoms with Crippen molar-refractivity contribution in [3.05, 3.63) is 164 Å². The van der Waals surface area contributed by atoms with Gasteiger partial charge in [-0.05, 0) is 92.0 Å². The second kappa shape index (κ2) is 11.2. The molecule has 10 rings (SSSR count). The normalized spacial score (nSPS) is 11.7. The Morgan fingerprint density at radius 2 is 0.694 bits per heavy atom. The number of thiophene rings is 1. The lowest BCUT2D eigenvalue weighted by molar-refractivity contribution is 1.08. The van der Waals surface area contributed by atoms with Crippen molar-refractivity contribution in [3.8, 4) is 45.3 Å². The molecule has 228 valence electrons. The van der Waals surface area contributed by atoms with Gasteiger partial charge in [-0.1, -0.05) is 115 Å². The van der Waals surface area contributed by atoms with E-state index in [4.69, 9.17) is 15.0 Å². The van der Waals surface area contributed by atoms with Gasteiger partial charge in [-0.15, -0.1) is 11.3 Å². The van der Waals surface area contributed by atoms with Crippen LogP contribution < -0.4 is 0 Å². The minimum atomic E-state index is 0.654. The molecule has 4 heteroatoms. The number of nitrogens with zero attached hydrogens (tertiary/aromatic N) is 3. The van der Waals surface area contributed by atoms with Crippen LogP contribution in [0.3, 0.4) is 0 Å². The first-order valence-electron chi connectivity index (χ1n) is 16.4. The monoisotopic (exact) mass is 641 g/mol. The molecule has 0 aliphatic rings. The third-order valence-corrected chi connectivity index (χ3v) is 10.6.